The largest absolute Gasteiger partial charge is 0.465 e. The van der Waals surface area contributed by atoms with Gasteiger partial charge in [-0.15, -0.1) is 0 Å². The Morgan fingerprint density at radius 3 is 1.98 bits per heavy atom. The van der Waals surface area contributed by atoms with Gasteiger partial charge in [-0.3, -0.25) is 29.2 Å². The topological polar surface area (TPSA) is 216 Å². The first-order valence-electron chi connectivity index (χ1n) is 20.6. The molecule has 0 aliphatic carbocycles. The highest BCUT2D eigenvalue weighted by Gasteiger charge is 2.43. The Morgan fingerprint density at radius 2 is 1.43 bits per heavy atom. The summed E-state index contributed by atoms with van der Waals surface area (Å²) < 4.78 is 36.7. The number of esters is 2. The quantitative estimate of drug-likeness (QED) is 0.113. The molecule has 0 spiro atoms. The number of aromatic nitrogens is 2. The van der Waals surface area contributed by atoms with Crippen molar-refractivity contribution in [1.82, 2.24) is 29.8 Å². The zero-order chi connectivity index (χ0) is 44.3. The van der Waals surface area contributed by atoms with Gasteiger partial charge >= 0.3 is 18.0 Å². The first kappa shape index (κ1) is 46.6. The molecule has 5 atom stereocenters. The molecule has 3 amide bonds. The minimum Gasteiger partial charge on any atom is -0.465 e. The molecule has 2 aromatic carbocycles. The van der Waals surface area contributed by atoms with Crippen molar-refractivity contribution in [3.63, 3.8) is 0 Å². The van der Waals surface area contributed by atoms with Crippen LogP contribution in [0.15, 0.2) is 60.7 Å². The van der Waals surface area contributed by atoms with Crippen LogP contribution in [0.3, 0.4) is 0 Å². The second-order valence-corrected chi connectivity index (χ2v) is 16.9. The summed E-state index contributed by atoms with van der Waals surface area (Å²) in [5.74, 6) is -1.54. The van der Waals surface area contributed by atoms with E-state index < -0.39 is 49.5 Å². The lowest BCUT2D eigenvalue weighted by Gasteiger charge is -2.36. The molecule has 61 heavy (non-hydrogen) atoms. The average Bonchev–Trinajstić information content (AvgIpc) is 3.76. The van der Waals surface area contributed by atoms with Crippen LogP contribution in [0.4, 0.5) is 10.6 Å². The van der Waals surface area contributed by atoms with Crippen LogP contribution in [0.2, 0.25) is 0 Å². The van der Waals surface area contributed by atoms with Crippen molar-refractivity contribution in [2.24, 2.45) is 5.50 Å². The third-order valence-electron chi connectivity index (χ3n) is 10.6. The molecule has 19 heteroatoms. The lowest BCUT2D eigenvalue weighted by Crippen LogP contribution is -2.56. The molecule has 1 aromatic heterocycles. The lowest BCUT2D eigenvalue weighted by molar-refractivity contribution is -0.152. The number of benzene rings is 2. The standard InChI is InChI=1S/C42H57N8O10P/c1-7-58-40(53)28(4)50(29(5)41(54)59-8-2)61(43,56)33-17-15-30(16-18-33)25-35(39(52)47-21-23-48(24-22-47)42(55)60-9-3)45-38(51)34-26-36(49-20-19-32(27-49)57-6)46-37(44-34)31-13-11-10-12-14-31/h10-18,26,28-29,32,35H,7-9,19-25,27H2,1-6H3,(H2,43,56)(H,45,51)/t28-,29-,32-,35?,61?/m0/s1. The molecule has 2 saturated heterocycles. The predicted molar refractivity (Wildman–Crippen MR) is 227 cm³/mol. The molecule has 18 nitrogen and oxygen atoms in total. The van der Waals surface area contributed by atoms with Gasteiger partial charge in [0.15, 0.2) is 5.82 Å². The molecule has 0 radical (unpaired) electrons. The summed E-state index contributed by atoms with van der Waals surface area (Å²) in [4.78, 5) is 81.4. The Labute approximate surface area is 356 Å². The summed E-state index contributed by atoms with van der Waals surface area (Å²) in [5, 5.41) is 3.06. The zero-order valence-electron chi connectivity index (χ0n) is 35.7. The normalized spacial score (nSPS) is 17.8. The number of hydrogen-bond donors (Lipinski definition) is 2. The number of rotatable bonds is 17. The van der Waals surface area contributed by atoms with Gasteiger partial charge in [0.1, 0.15) is 29.6 Å². The molecule has 330 valence electrons. The number of amides is 3. The summed E-state index contributed by atoms with van der Waals surface area (Å²) in [6.07, 6.45) is 0.328. The number of piperazine rings is 1. The Hall–Kier alpha value is -5.42. The van der Waals surface area contributed by atoms with Crippen molar-refractivity contribution in [3.8, 4) is 11.4 Å². The Kier molecular flexibility index (Phi) is 16.4. The molecule has 3 aromatic rings. The Bertz CT molecular complexity index is 2030. The van der Waals surface area contributed by atoms with Crippen LogP contribution >= 0.6 is 7.44 Å². The maximum absolute atomic E-state index is 14.5. The van der Waals surface area contributed by atoms with Crippen LogP contribution in [0.1, 0.15) is 57.1 Å². The fourth-order valence-electron chi connectivity index (χ4n) is 7.34. The van der Waals surface area contributed by atoms with Gasteiger partial charge in [-0.05, 0) is 58.7 Å². The van der Waals surface area contributed by atoms with E-state index in [0.717, 1.165) is 11.1 Å². The number of nitrogens with zero attached hydrogens (tertiary/aromatic N) is 6. The second kappa shape index (κ2) is 21.4. The SMILES string of the molecule is CCOC(=O)[C@H](C)N([C@@H](C)C(=O)OCC)P(N)(=O)c1ccc(CC(NC(=O)c2cc(N3CC[C@H](OC)C3)nc(-c3ccccc3)n2)C(=O)N2CCN(C(=O)OCC)CC2)cc1. The maximum atomic E-state index is 14.5. The van der Waals surface area contributed by atoms with Crippen molar-refractivity contribution in [1.29, 1.82) is 0 Å². The van der Waals surface area contributed by atoms with Crippen LogP contribution in [0.5, 0.6) is 0 Å². The van der Waals surface area contributed by atoms with Crippen LogP contribution in [0, 0.1) is 0 Å². The number of carbonyl (C=O) groups is 5. The van der Waals surface area contributed by atoms with Crippen molar-refractivity contribution in [3.05, 3.63) is 71.9 Å². The van der Waals surface area contributed by atoms with E-state index in [-0.39, 0.29) is 75.4 Å². The van der Waals surface area contributed by atoms with Gasteiger partial charge in [-0.1, -0.05) is 42.5 Å². The third-order valence-corrected chi connectivity index (χ3v) is 13.1. The van der Waals surface area contributed by atoms with Crippen LogP contribution in [-0.2, 0) is 44.3 Å². The van der Waals surface area contributed by atoms with Gasteiger partial charge in [0.05, 0.1) is 25.9 Å². The van der Waals surface area contributed by atoms with E-state index in [0.29, 0.717) is 35.9 Å². The van der Waals surface area contributed by atoms with Crippen molar-refractivity contribution < 1.29 is 47.5 Å². The molecular weight excluding hydrogens is 807 g/mol. The van der Waals surface area contributed by atoms with Crippen LogP contribution in [-0.4, -0.2) is 145 Å². The number of hydrogen-bond acceptors (Lipinski definition) is 13. The highest BCUT2D eigenvalue weighted by Crippen LogP contribution is 2.44. The van der Waals surface area contributed by atoms with Gasteiger partial charge < -0.3 is 39.0 Å². The summed E-state index contributed by atoms with van der Waals surface area (Å²) in [5.41, 5.74) is 7.88. The van der Waals surface area contributed by atoms with Crippen molar-refractivity contribution >= 4 is 48.4 Å². The molecule has 0 saturated carbocycles. The number of carbonyl (C=O) groups excluding carboxylic acids is 5. The summed E-state index contributed by atoms with van der Waals surface area (Å²) in [6.45, 7) is 10.4. The van der Waals surface area contributed by atoms with E-state index >= 15 is 0 Å². The second-order valence-electron chi connectivity index (χ2n) is 14.7. The number of ether oxygens (including phenoxy) is 4. The maximum Gasteiger partial charge on any atom is 0.409 e. The first-order valence-corrected chi connectivity index (χ1v) is 22.3. The van der Waals surface area contributed by atoms with Gasteiger partial charge in [0.2, 0.25) is 13.4 Å². The lowest BCUT2D eigenvalue weighted by atomic mass is 10.0. The van der Waals surface area contributed by atoms with Gasteiger partial charge in [0.25, 0.3) is 5.91 Å². The van der Waals surface area contributed by atoms with Gasteiger partial charge in [-0.25, -0.2) is 19.4 Å². The Balaban J connectivity index is 1.46. The molecule has 5 rings (SSSR count). The van der Waals surface area contributed by atoms with E-state index in [1.54, 1.807) is 51.0 Å². The molecule has 3 heterocycles. The zero-order valence-corrected chi connectivity index (χ0v) is 36.5. The minimum atomic E-state index is -4.13. The van der Waals surface area contributed by atoms with Crippen LogP contribution < -0.4 is 21.0 Å². The highest BCUT2D eigenvalue weighted by atomic mass is 31.2. The molecular formula is C42H57N8O10P. The fraction of sp³-hybridized carbons (Fsp3) is 0.500. The first-order chi connectivity index (χ1) is 29.2. The minimum absolute atomic E-state index is 0.00304. The van der Waals surface area contributed by atoms with E-state index in [9.17, 15) is 28.5 Å². The summed E-state index contributed by atoms with van der Waals surface area (Å²) in [6, 6.07) is 13.7. The van der Waals surface area contributed by atoms with E-state index in [1.165, 1.54) is 30.9 Å². The van der Waals surface area contributed by atoms with Gasteiger partial charge in [0, 0.05) is 69.7 Å². The number of methoxy groups -OCH3 is 1. The number of nitrogens with two attached hydrogens (primary N) is 1. The summed E-state index contributed by atoms with van der Waals surface area (Å²) >= 11 is 0. The average molecular weight is 865 g/mol. The molecule has 2 aliphatic heterocycles. The molecule has 2 unspecified atom stereocenters. The van der Waals surface area contributed by atoms with E-state index in [2.05, 4.69) is 10.3 Å². The smallest absolute Gasteiger partial charge is 0.409 e. The van der Waals surface area contributed by atoms with Crippen molar-refractivity contribution in [2.75, 3.05) is 71.1 Å². The fourth-order valence-corrected chi connectivity index (χ4v) is 9.40. The van der Waals surface area contributed by atoms with E-state index in [4.69, 9.17) is 29.4 Å². The molecule has 0 bridgehead atoms. The third kappa shape index (κ3) is 11.5. The Morgan fingerprint density at radius 1 is 0.836 bits per heavy atom. The molecule has 3 N–H and O–H groups in total. The summed E-state index contributed by atoms with van der Waals surface area (Å²) in [7, 11) is -2.47. The predicted octanol–water partition coefficient (Wildman–Crippen LogP) is 2.99. The van der Waals surface area contributed by atoms with Crippen LogP contribution in [0.25, 0.3) is 11.4 Å². The molecule has 2 aliphatic rings. The monoisotopic (exact) mass is 864 g/mol. The van der Waals surface area contributed by atoms with Gasteiger partial charge in [-0.2, -0.15) is 0 Å². The van der Waals surface area contributed by atoms with Crippen molar-refractivity contribution in [2.45, 2.75) is 71.7 Å². The number of nitrogens with one attached hydrogen (secondary N) is 1. The highest BCUT2D eigenvalue weighted by molar-refractivity contribution is 7.67. The number of anilines is 1. The van der Waals surface area contributed by atoms with E-state index in [1.807, 2.05) is 35.2 Å². The molecule has 2 fully saturated rings.